The average molecular weight is 369 g/mol. The van der Waals surface area contributed by atoms with Crippen LogP contribution in [-0.2, 0) is 9.53 Å². The van der Waals surface area contributed by atoms with Crippen molar-refractivity contribution in [1.29, 1.82) is 0 Å². The molecular formula is C19H15NO7. The number of rotatable bonds is 6. The van der Waals surface area contributed by atoms with Crippen molar-refractivity contribution in [2.45, 2.75) is 6.92 Å². The van der Waals surface area contributed by atoms with E-state index in [0.717, 1.165) is 0 Å². The lowest BCUT2D eigenvalue weighted by Gasteiger charge is -2.09. The number of hydrogen-bond donors (Lipinski definition) is 0. The summed E-state index contributed by atoms with van der Waals surface area (Å²) in [6.07, 6.45) is 0. The second kappa shape index (κ2) is 7.69. The molecule has 2 aromatic carbocycles. The first-order chi connectivity index (χ1) is 13.0. The Morgan fingerprint density at radius 1 is 1.19 bits per heavy atom. The molecule has 0 atom stereocenters. The highest BCUT2D eigenvalue weighted by Gasteiger charge is 2.13. The Morgan fingerprint density at radius 2 is 2.00 bits per heavy atom. The zero-order chi connectivity index (χ0) is 19.4. The smallest absolute Gasteiger partial charge is 0.344 e. The first kappa shape index (κ1) is 18.1. The maximum absolute atomic E-state index is 11.9. The molecule has 27 heavy (non-hydrogen) atoms. The maximum Gasteiger partial charge on any atom is 0.344 e. The normalized spacial score (nSPS) is 10.6. The van der Waals surface area contributed by atoms with Gasteiger partial charge < -0.3 is 13.9 Å². The van der Waals surface area contributed by atoms with Gasteiger partial charge in [-0.1, -0.05) is 12.1 Å². The van der Waals surface area contributed by atoms with Crippen LogP contribution in [0.3, 0.4) is 0 Å². The summed E-state index contributed by atoms with van der Waals surface area (Å²) in [5.74, 6) is -0.181. The van der Waals surface area contributed by atoms with Gasteiger partial charge in [0.1, 0.15) is 11.3 Å². The number of hydrogen-bond acceptors (Lipinski definition) is 7. The number of fused-ring (bicyclic) bond motifs is 1. The SMILES string of the molecule is CCOC(=O)COc1ccc2c(-c3cccc([N+](=O)[O-])c3)cc(=O)oc2c1. The fourth-order valence-electron chi connectivity index (χ4n) is 2.60. The maximum atomic E-state index is 11.9. The van der Waals surface area contributed by atoms with Crippen molar-refractivity contribution in [2.75, 3.05) is 13.2 Å². The first-order valence-corrected chi connectivity index (χ1v) is 8.09. The van der Waals surface area contributed by atoms with Gasteiger partial charge in [-0.25, -0.2) is 9.59 Å². The fraction of sp³-hybridized carbons (Fsp3) is 0.158. The lowest BCUT2D eigenvalue weighted by atomic mass is 10.0. The molecule has 1 aromatic heterocycles. The summed E-state index contributed by atoms with van der Waals surface area (Å²) in [6, 6.07) is 12.0. The van der Waals surface area contributed by atoms with Gasteiger partial charge in [-0.15, -0.1) is 0 Å². The number of ether oxygens (including phenoxy) is 2. The molecule has 0 saturated carbocycles. The summed E-state index contributed by atoms with van der Waals surface area (Å²) in [5.41, 5.74) is 0.573. The second-order valence-electron chi connectivity index (χ2n) is 5.54. The predicted octanol–water partition coefficient (Wildman–Crippen LogP) is 3.31. The van der Waals surface area contributed by atoms with Crippen molar-refractivity contribution < 1.29 is 23.6 Å². The molecule has 0 bridgehead atoms. The number of nitro benzene ring substituents is 1. The van der Waals surface area contributed by atoms with E-state index in [9.17, 15) is 19.7 Å². The van der Waals surface area contributed by atoms with Gasteiger partial charge >= 0.3 is 11.6 Å². The Labute approximate surface area is 153 Å². The molecule has 1 heterocycles. The van der Waals surface area contributed by atoms with Gasteiger partial charge in [0.15, 0.2) is 6.61 Å². The third kappa shape index (κ3) is 4.12. The highest BCUT2D eigenvalue weighted by Crippen LogP contribution is 2.31. The molecular weight excluding hydrogens is 354 g/mol. The van der Waals surface area contributed by atoms with Crippen LogP contribution in [0.5, 0.6) is 5.75 Å². The molecule has 0 aliphatic heterocycles. The van der Waals surface area contributed by atoms with E-state index < -0.39 is 16.5 Å². The lowest BCUT2D eigenvalue weighted by Crippen LogP contribution is -2.14. The third-order valence-electron chi connectivity index (χ3n) is 3.75. The van der Waals surface area contributed by atoms with E-state index >= 15 is 0 Å². The van der Waals surface area contributed by atoms with E-state index in [4.69, 9.17) is 13.9 Å². The second-order valence-corrected chi connectivity index (χ2v) is 5.54. The number of nitro groups is 1. The molecule has 8 heteroatoms. The molecule has 0 saturated heterocycles. The van der Waals surface area contributed by atoms with Gasteiger partial charge in [-0.2, -0.15) is 0 Å². The quantitative estimate of drug-likeness (QED) is 0.284. The third-order valence-corrected chi connectivity index (χ3v) is 3.75. The number of nitrogens with zero attached hydrogens (tertiary/aromatic N) is 1. The summed E-state index contributed by atoms with van der Waals surface area (Å²) >= 11 is 0. The first-order valence-electron chi connectivity index (χ1n) is 8.09. The summed E-state index contributed by atoms with van der Waals surface area (Å²) in [4.78, 5) is 33.8. The van der Waals surface area contributed by atoms with E-state index in [1.165, 1.54) is 24.3 Å². The van der Waals surface area contributed by atoms with Crippen molar-refractivity contribution in [3.05, 3.63) is 69.1 Å². The number of benzene rings is 2. The summed E-state index contributed by atoms with van der Waals surface area (Å²) in [6.45, 7) is 1.67. The molecule has 0 unspecified atom stereocenters. The zero-order valence-corrected chi connectivity index (χ0v) is 14.3. The van der Waals surface area contributed by atoms with Gasteiger partial charge in [-0.3, -0.25) is 10.1 Å². The van der Waals surface area contributed by atoms with Gasteiger partial charge in [0, 0.05) is 35.2 Å². The zero-order valence-electron chi connectivity index (χ0n) is 14.3. The molecule has 8 nitrogen and oxygen atoms in total. The van der Waals surface area contributed by atoms with E-state index in [1.54, 1.807) is 31.2 Å². The van der Waals surface area contributed by atoms with Crippen molar-refractivity contribution in [1.82, 2.24) is 0 Å². The van der Waals surface area contributed by atoms with Crippen LogP contribution >= 0.6 is 0 Å². The average Bonchev–Trinajstić information content (AvgIpc) is 2.65. The molecule has 138 valence electrons. The highest BCUT2D eigenvalue weighted by atomic mass is 16.6. The molecule has 0 aliphatic rings. The molecule has 0 amide bonds. The molecule has 0 spiro atoms. The monoisotopic (exact) mass is 369 g/mol. The van der Waals surface area contributed by atoms with Crippen LogP contribution in [0.4, 0.5) is 5.69 Å². The van der Waals surface area contributed by atoms with Crippen LogP contribution in [0.25, 0.3) is 22.1 Å². The topological polar surface area (TPSA) is 109 Å². The summed E-state index contributed by atoms with van der Waals surface area (Å²) in [7, 11) is 0. The van der Waals surface area contributed by atoms with Crippen molar-refractivity contribution in [3.8, 4) is 16.9 Å². The highest BCUT2D eigenvalue weighted by molar-refractivity contribution is 5.94. The summed E-state index contributed by atoms with van der Waals surface area (Å²) < 4.78 is 15.3. The molecule has 3 aromatic rings. The van der Waals surface area contributed by atoms with Crippen LogP contribution in [0.2, 0.25) is 0 Å². The van der Waals surface area contributed by atoms with E-state index in [1.807, 2.05) is 0 Å². The van der Waals surface area contributed by atoms with E-state index in [0.29, 0.717) is 22.3 Å². The predicted molar refractivity (Wildman–Crippen MR) is 96.7 cm³/mol. The van der Waals surface area contributed by atoms with Crippen LogP contribution < -0.4 is 10.4 Å². The lowest BCUT2D eigenvalue weighted by molar-refractivity contribution is -0.384. The van der Waals surface area contributed by atoms with Gasteiger partial charge in [-0.05, 0) is 24.6 Å². The van der Waals surface area contributed by atoms with Crippen LogP contribution in [-0.4, -0.2) is 24.1 Å². The van der Waals surface area contributed by atoms with E-state index in [2.05, 4.69) is 0 Å². The Bertz CT molecular complexity index is 1070. The van der Waals surface area contributed by atoms with Crippen molar-refractivity contribution >= 4 is 22.6 Å². The number of carbonyl (C=O) groups excluding carboxylic acids is 1. The minimum atomic E-state index is -0.605. The van der Waals surface area contributed by atoms with Crippen molar-refractivity contribution in [3.63, 3.8) is 0 Å². The summed E-state index contributed by atoms with van der Waals surface area (Å²) in [5, 5.41) is 11.6. The van der Waals surface area contributed by atoms with Gasteiger partial charge in [0.05, 0.1) is 11.5 Å². The number of carbonyl (C=O) groups is 1. The Hall–Kier alpha value is -3.68. The molecule has 3 rings (SSSR count). The number of esters is 1. The van der Waals surface area contributed by atoms with E-state index in [-0.39, 0.29) is 24.5 Å². The van der Waals surface area contributed by atoms with Crippen LogP contribution in [0, 0.1) is 10.1 Å². The molecule has 0 radical (unpaired) electrons. The Kier molecular flexibility index (Phi) is 5.16. The minimum Gasteiger partial charge on any atom is -0.482 e. The van der Waals surface area contributed by atoms with Crippen LogP contribution in [0.1, 0.15) is 6.92 Å². The standard InChI is InChI=1S/C19H15NO7/c1-2-25-19(22)11-26-14-6-7-15-16(10-18(21)27-17(15)9-14)12-4-3-5-13(8-12)20(23)24/h3-10H,2,11H2,1H3. The van der Waals surface area contributed by atoms with Gasteiger partial charge in [0.2, 0.25) is 0 Å². The molecule has 0 N–H and O–H groups in total. The largest absolute Gasteiger partial charge is 0.482 e. The van der Waals surface area contributed by atoms with Gasteiger partial charge in [0.25, 0.3) is 5.69 Å². The molecule has 0 aliphatic carbocycles. The van der Waals surface area contributed by atoms with Crippen LogP contribution in [0.15, 0.2) is 57.7 Å². The minimum absolute atomic E-state index is 0.0803. The van der Waals surface area contributed by atoms with Crippen molar-refractivity contribution in [2.24, 2.45) is 0 Å². The Balaban J connectivity index is 2.00. The Morgan fingerprint density at radius 3 is 2.74 bits per heavy atom. The molecule has 0 fully saturated rings. The fourth-order valence-corrected chi connectivity index (χ4v) is 2.60. The number of non-ortho nitro benzene ring substituents is 1.